The van der Waals surface area contributed by atoms with Crippen molar-refractivity contribution >= 4 is 40.1 Å². The summed E-state index contributed by atoms with van der Waals surface area (Å²) in [6, 6.07) is 9.94. The van der Waals surface area contributed by atoms with Crippen LogP contribution in [0, 0.1) is 6.92 Å². The standard InChI is InChI=1S/C22H20N2O4S2/c1-12-9-18(29-11-12)14-10-17-19(20-13(14)7-8-27-20)22(23-28-17)24-30-21-15(25-2)5-4-6-16(21)26-3/h4-6,9-11H,7-8H2,1-3H3,(H,23,24). The molecule has 0 amide bonds. The quantitative estimate of drug-likeness (QED) is 0.372. The van der Waals surface area contributed by atoms with Crippen LogP contribution in [0.25, 0.3) is 21.4 Å². The van der Waals surface area contributed by atoms with Crippen LogP contribution in [0.15, 0.2) is 45.1 Å². The molecule has 30 heavy (non-hydrogen) atoms. The van der Waals surface area contributed by atoms with E-state index in [4.69, 9.17) is 18.7 Å². The summed E-state index contributed by atoms with van der Waals surface area (Å²) in [5, 5.41) is 7.29. The van der Waals surface area contributed by atoms with E-state index in [2.05, 4.69) is 34.3 Å². The molecule has 0 saturated carbocycles. The van der Waals surface area contributed by atoms with Crippen LogP contribution in [0.1, 0.15) is 11.1 Å². The normalized spacial score (nSPS) is 12.6. The summed E-state index contributed by atoms with van der Waals surface area (Å²) in [5.74, 6) is 2.91. The molecule has 1 aliphatic rings. The summed E-state index contributed by atoms with van der Waals surface area (Å²) in [6.07, 6.45) is 0.871. The van der Waals surface area contributed by atoms with Gasteiger partial charge in [-0.15, -0.1) is 11.3 Å². The maximum Gasteiger partial charge on any atom is 0.191 e. The maximum absolute atomic E-state index is 6.03. The van der Waals surface area contributed by atoms with Crippen molar-refractivity contribution in [1.29, 1.82) is 0 Å². The number of nitrogens with zero attached hydrogens (tertiary/aromatic N) is 1. The second kappa shape index (κ2) is 7.77. The van der Waals surface area contributed by atoms with Gasteiger partial charge in [0.05, 0.1) is 20.8 Å². The van der Waals surface area contributed by atoms with Gasteiger partial charge in [-0.2, -0.15) is 0 Å². The summed E-state index contributed by atoms with van der Waals surface area (Å²) in [4.78, 5) is 2.05. The van der Waals surface area contributed by atoms with E-state index >= 15 is 0 Å². The van der Waals surface area contributed by atoms with Crippen LogP contribution in [-0.4, -0.2) is 26.0 Å². The average molecular weight is 441 g/mol. The monoisotopic (exact) mass is 440 g/mol. The lowest BCUT2D eigenvalue weighted by molar-refractivity contribution is 0.360. The van der Waals surface area contributed by atoms with E-state index in [9.17, 15) is 0 Å². The van der Waals surface area contributed by atoms with E-state index in [1.165, 1.54) is 28.0 Å². The molecule has 154 valence electrons. The Bertz CT molecular complexity index is 1210. The van der Waals surface area contributed by atoms with Crippen molar-refractivity contribution in [2.75, 3.05) is 25.5 Å². The van der Waals surface area contributed by atoms with E-state index < -0.39 is 0 Å². The van der Waals surface area contributed by atoms with Crippen molar-refractivity contribution in [3.05, 3.63) is 46.8 Å². The molecule has 0 radical (unpaired) electrons. The summed E-state index contributed by atoms with van der Waals surface area (Å²) in [5.41, 5.74) is 4.32. The second-order valence-electron chi connectivity index (χ2n) is 6.92. The lowest BCUT2D eigenvalue weighted by Crippen LogP contribution is -1.95. The number of hydrogen-bond donors (Lipinski definition) is 1. The number of aromatic nitrogens is 1. The summed E-state index contributed by atoms with van der Waals surface area (Å²) >= 11 is 3.10. The molecule has 0 bridgehead atoms. The van der Waals surface area contributed by atoms with Gasteiger partial charge < -0.3 is 23.5 Å². The molecule has 1 N–H and O–H groups in total. The predicted octanol–water partition coefficient (Wildman–Crippen LogP) is 5.94. The number of nitrogens with one attached hydrogen (secondary N) is 1. The molecule has 0 spiro atoms. The highest BCUT2D eigenvalue weighted by Crippen LogP contribution is 2.46. The van der Waals surface area contributed by atoms with Crippen LogP contribution < -0.4 is 18.9 Å². The Morgan fingerprint density at radius 3 is 2.67 bits per heavy atom. The van der Waals surface area contributed by atoms with E-state index in [1.807, 2.05) is 18.2 Å². The molecule has 0 saturated heterocycles. The van der Waals surface area contributed by atoms with Gasteiger partial charge in [0, 0.05) is 22.4 Å². The third kappa shape index (κ3) is 3.16. The first kappa shape index (κ1) is 19.1. The topological polar surface area (TPSA) is 65.8 Å². The molecule has 3 heterocycles. The van der Waals surface area contributed by atoms with E-state index in [0.29, 0.717) is 18.0 Å². The number of rotatable bonds is 6. The molecule has 2 aromatic heterocycles. The van der Waals surface area contributed by atoms with Gasteiger partial charge in [0.25, 0.3) is 0 Å². The molecule has 5 rings (SSSR count). The van der Waals surface area contributed by atoms with Crippen LogP contribution >= 0.6 is 23.3 Å². The Morgan fingerprint density at radius 1 is 1.17 bits per heavy atom. The molecule has 1 aliphatic heterocycles. The molecular weight excluding hydrogens is 420 g/mol. The molecule has 0 aliphatic carbocycles. The van der Waals surface area contributed by atoms with Gasteiger partial charge in [0.1, 0.15) is 27.5 Å². The Balaban J connectivity index is 1.54. The van der Waals surface area contributed by atoms with Gasteiger partial charge in [-0.1, -0.05) is 11.2 Å². The Labute approximate surface area is 182 Å². The van der Waals surface area contributed by atoms with Crippen LogP contribution in [-0.2, 0) is 6.42 Å². The summed E-state index contributed by atoms with van der Waals surface area (Å²) in [6.45, 7) is 2.76. The average Bonchev–Trinajstić information content (AvgIpc) is 3.50. The van der Waals surface area contributed by atoms with Crippen molar-refractivity contribution in [1.82, 2.24) is 5.16 Å². The molecule has 0 atom stereocenters. The minimum absolute atomic E-state index is 0.620. The number of thiophene rings is 1. The first-order valence-corrected chi connectivity index (χ1v) is 11.2. The Hall–Kier alpha value is -2.84. The highest BCUT2D eigenvalue weighted by molar-refractivity contribution is 8.00. The van der Waals surface area contributed by atoms with Crippen molar-refractivity contribution in [3.63, 3.8) is 0 Å². The van der Waals surface area contributed by atoms with Crippen molar-refractivity contribution in [3.8, 4) is 27.7 Å². The molecule has 0 fully saturated rings. The fourth-order valence-electron chi connectivity index (χ4n) is 3.65. The van der Waals surface area contributed by atoms with Crippen molar-refractivity contribution in [2.45, 2.75) is 18.2 Å². The number of benzene rings is 2. The third-order valence-electron chi connectivity index (χ3n) is 5.05. The Morgan fingerprint density at radius 2 is 1.97 bits per heavy atom. The van der Waals surface area contributed by atoms with Crippen LogP contribution in [0.2, 0.25) is 0 Å². The van der Waals surface area contributed by atoms with Gasteiger partial charge >= 0.3 is 0 Å². The number of anilines is 1. The molecular formula is C22H20N2O4S2. The van der Waals surface area contributed by atoms with Crippen LogP contribution in [0.5, 0.6) is 17.2 Å². The van der Waals surface area contributed by atoms with E-state index in [-0.39, 0.29) is 0 Å². The fourth-order valence-corrected chi connectivity index (χ4v) is 5.44. The fraction of sp³-hybridized carbons (Fsp3) is 0.227. The maximum atomic E-state index is 6.03. The number of ether oxygens (including phenoxy) is 3. The smallest absolute Gasteiger partial charge is 0.191 e. The van der Waals surface area contributed by atoms with Gasteiger partial charge in [0.15, 0.2) is 11.4 Å². The van der Waals surface area contributed by atoms with Gasteiger partial charge in [-0.3, -0.25) is 0 Å². The minimum Gasteiger partial charge on any atom is -0.495 e. The summed E-state index contributed by atoms with van der Waals surface area (Å²) in [7, 11) is 3.28. The zero-order valence-electron chi connectivity index (χ0n) is 16.8. The number of hydrogen-bond acceptors (Lipinski definition) is 8. The SMILES string of the molecule is COc1cccc(OC)c1SNc1noc2cc(-c3cc(C)cs3)c3c(c12)OCC3. The van der Waals surface area contributed by atoms with Crippen molar-refractivity contribution in [2.24, 2.45) is 0 Å². The Kier molecular flexibility index (Phi) is 4.96. The first-order valence-electron chi connectivity index (χ1n) is 9.47. The third-order valence-corrected chi connectivity index (χ3v) is 7.03. The molecule has 6 nitrogen and oxygen atoms in total. The number of aryl methyl sites for hydroxylation is 1. The predicted molar refractivity (Wildman–Crippen MR) is 120 cm³/mol. The summed E-state index contributed by atoms with van der Waals surface area (Å²) < 4.78 is 26.0. The van der Waals surface area contributed by atoms with Crippen molar-refractivity contribution < 1.29 is 18.7 Å². The van der Waals surface area contributed by atoms with E-state index in [1.54, 1.807) is 25.6 Å². The van der Waals surface area contributed by atoms with E-state index in [0.717, 1.165) is 39.5 Å². The molecule has 2 aromatic carbocycles. The zero-order chi connectivity index (χ0) is 20.7. The van der Waals surface area contributed by atoms with Crippen LogP contribution in [0.3, 0.4) is 0 Å². The molecule has 0 unspecified atom stereocenters. The largest absolute Gasteiger partial charge is 0.495 e. The van der Waals surface area contributed by atoms with Gasteiger partial charge in [-0.25, -0.2) is 0 Å². The minimum atomic E-state index is 0.620. The first-order chi connectivity index (χ1) is 14.7. The van der Waals surface area contributed by atoms with Crippen LogP contribution in [0.4, 0.5) is 5.82 Å². The number of methoxy groups -OCH3 is 2. The number of fused-ring (bicyclic) bond motifs is 3. The zero-order valence-corrected chi connectivity index (χ0v) is 18.4. The highest BCUT2D eigenvalue weighted by Gasteiger charge is 2.26. The van der Waals surface area contributed by atoms with Gasteiger partial charge in [0.2, 0.25) is 0 Å². The lowest BCUT2D eigenvalue weighted by Gasteiger charge is -2.12. The molecule has 8 heteroatoms. The molecule has 4 aromatic rings. The van der Waals surface area contributed by atoms with Gasteiger partial charge in [-0.05, 0) is 54.1 Å². The second-order valence-corrected chi connectivity index (χ2v) is 8.65. The highest BCUT2D eigenvalue weighted by atomic mass is 32.2. The lowest BCUT2D eigenvalue weighted by atomic mass is 10.0.